The lowest BCUT2D eigenvalue weighted by atomic mass is 9.34. The van der Waals surface area contributed by atoms with Crippen molar-refractivity contribution in [3.05, 3.63) is 11.6 Å². The Morgan fingerprint density at radius 1 is 0.941 bits per heavy atom. The minimum atomic E-state index is -0.810. The molecule has 0 heterocycles. The molecule has 1 unspecified atom stereocenters. The molecule has 0 amide bonds. The monoisotopic (exact) mass is 476 g/mol. The van der Waals surface area contributed by atoms with E-state index in [9.17, 15) is 20.4 Å². The summed E-state index contributed by atoms with van der Waals surface area (Å²) < 4.78 is 0. The highest BCUT2D eigenvalue weighted by atomic mass is 16.3. The highest BCUT2D eigenvalue weighted by molar-refractivity contribution is 5.21. The third kappa shape index (κ3) is 3.60. The van der Waals surface area contributed by atoms with Gasteiger partial charge < -0.3 is 20.4 Å². The molecule has 4 aliphatic rings. The maximum absolute atomic E-state index is 11.8. The third-order valence-electron chi connectivity index (χ3n) is 12.3. The SMILES string of the molecule is CC(C)=CCC[C@@](C)(O)[C@H]1CC[C@]2(C)C1[C@H](O)C[C@@H]1[C@@]3(C)CC[C@H](O)C(C)(C)[C@@H]3[C@@H](O)C[C@]12C. The first-order chi connectivity index (χ1) is 15.5. The molecule has 0 radical (unpaired) electrons. The molecule has 4 heteroatoms. The molecule has 0 aromatic heterocycles. The summed E-state index contributed by atoms with van der Waals surface area (Å²) in [7, 11) is 0. The Balaban J connectivity index is 1.70. The summed E-state index contributed by atoms with van der Waals surface area (Å²) in [5.41, 5.74) is -0.230. The Morgan fingerprint density at radius 2 is 1.59 bits per heavy atom. The molecule has 4 rings (SSSR count). The van der Waals surface area contributed by atoms with Gasteiger partial charge in [-0.2, -0.15) is 0 Å². The van der Waals surface area contributed by atoms with Crippen molar-refractivity contribution >= 4 is 0 Å². The molecule has 4 N–H and O–H groups in total. The minimum absolute atomic E-state index is 0.0264. The second-order valence-electron chi connectivity index (χ2n) is 14.7. The van der Waals surface area contributed by atoms with Gasteiger partial charge in [-0.1, -0.05) is 46.3 Å². The molecule has 4 saturated carbocycles. The summed E-state index contributed by atoms with van der Waals surface area (Å²) in [5.74, 6) is 0.442. The number of fused-ring (bicyclic) bond motifs is 5. The van der Waals surface area contributed by atoms with Gasteiger partial charge in [0, 0.05) is 0 Å². The number of hydrogen-bond donors (Lipinski definition) is 4. The van der Waals surface area contributed by atoms with Crippen molar-refractivity contribution in [2.24, 2.45) is 45.3 Å². The van der Waals surface area contributed by atoms with E-state index in [-0.39, 0.29) is 39.4 Å². The van der Waals surface area contributed by atoms with Gasteiger partial charge >= 0.3 is 0 Å². The van der Waals surface area contributed by atoms with Gasteiger partial charge in [0.2, 0.25) is 0 Å². The van der Waals surface area contributed by atoms with Crippen molar-refractivity contribution in [2.75, 3.05) is 0 Å². The maximum Gasteiger partial charge on any atom is 0.0654 e. The molecule has 4 fully saturated rings. The van der Waals surface area contributed by atoms with Crippen LogP contribution in [0.15, 0.2) is 11.6 Å². The maximum atomic E-state index is 11.8. The summed E-state index contributed by atoms with van der Waals surface area (Å²) in [4.78, 5) is 0. The summed E-state index contributed by atoms with van der Waals surface area (Å²) >= 11 is 0. The molecule has 34 heavy (non-hydrogen) atoms. The Morgan fingerprint density at radius 3 is 2.21 bits per heavy atom. The lowest BCUT2D eigenvalue weighted by Crippen LogP contribution is -2.69. The van der Waals surface area contributed by atoms with Crippen LogP contribution in [0.1, 0.15) is 107 Å². The van der Waals surface area contributed by atoms with E-state index in [0.29, 0.717) is 5.92 Å². The molecule has 0 aromatic carbocycles. The Bertz CT molecular complexity index is 813. The van der Waals surface area contributed by atoms with Crippen molar-refractivity contribution < 1.29 is 20.4 Å². The zero-order chi connectivity index (χ0) is 25.5. The van der Waals surface area contributed by atoms with E-state index in [1.165, 1.54) is 5.57 Å². The molecular weight excluding hydrogens is 424 g/mol. The minimum Gasteiger partial charge on any atom is -0.393 e. The van der Waals surface area contributed by atoms with E-state index in [1.807, 2.05) is 6.92 Å². The predicted molar refractivity (Wildman–Crippen MR) is 137 cm³/mol. The summed E-state index contributed by atoms with van der Waals surface area (Å²) in [6, 6.07) is 0. The van der Waals surface area contributed by atoms with Crippen molar-refractivity contribution in [2.45, 2.75) is 131 Å². The Hall–Kier alpha value is -0.420. The van der Waals surface area contributed by atoms with E-state index in [4.69, 9.17) is 0 Å². The van der Waals surface area contributed by atoms with Crippen LogP contribution in [-0.4, -0.2) is 44.3 Å². The zero-order valence-electron chi connectivity index (χ0n) is 23.1. The highest BCUT2D eigenvalue weighted by Crippen LogP contribution is 2.75. The fourth-order valence-corrected chi connectivity index (χ4v) is 10.5. The van der Waals surface area contributed by atoms with E-state index < -0.39 is 23.9 Å². The fraction of sp³-hybridized carbons (Fsp3) is 0.933. The predicted octanol–water partition coefficient (Wildman–Crippen LogP) is 5.47. The molecule has 0 spiro atoms. The van der Waals surface area contributed by atoms with Gasteiger partial charge in [0.05, 0.1) is 23.9 Å². The molecule has 196 valence electrons. The van der Waals surface area contributed by atoms with E-state index in [1.54, 1.807) is 0 Å². The van der Waals surface area contributed by atoms with Crippen molar-refractivity contribution in [3.63, 3.8) is 0 Å². The topological polar surface area (TPSA) is 80.9 Å². The number of hydrogen-bond acceptors (Lipinski definition) is 4. The van der Waals surface area contributed by atoms with Gasteiger partial charge in [-0.3, -0.25) is 0 Å². The van der Waals surface area contributed by atoms with Crippen molar-refractivity contribution in [1.29, 1.82) is 0 Å². The molecule has 11 atom stereocenters. The molecule has 4 nitrogen and oxygen atoms in total. The van der Waals surface area contributed by atoms with Crippen LogP contribution < -0.4 is 0 Å². The van der Waals surface area contributed by atoms with Crippen LogP contribution in [0.3, 0.4) is 0 Å². The average Bonchev–Trinajstić information content (AvgIpc) is 3.07. The van der Waals surface area contributed by atoms with Crippen LogP contribution in [0.4, 0.5) is 0 Å². The van der Waals surface area contributed by atoms with Crippen LogP contribution in [0.2, 0.25) is 0 Å². The summed E-state index contributed by atoms with van der Waals surface area (Å²) in [5, 5.41) is 46.0. The third-order valence-corrected chi connectivity index (χ3v) is 12.3. The summed E-state index contributed by atoms with van der Waals surface area (Å²) in [6.45, 7) is 17.5. The Kier molecular flexibility index (Phi) is 6.50. The van der Waals surface area contributed by atoms with Crippen molar-refractivity contribution in [3.8, 4) is 0 Å². The fourth-order valence-electron chi connectivity index (χ4n) is 10.5. The lowest BCUT2D eigenvalue weighted by Gasteiger charge is -2.71. The van der Waals surface area contributed by atoms with Crippen LogP contribution in [0.5, 0.6) is 0 Å². The van der Waals surface area contributed by atoms with Gasteiger partial charge in [-0.05, 0) is 117 Å². The number of aliphatic hydroxyl groups excluding tert-OH is 3. The van der Waals surface area contributed by atoms with Gasteiger partial charge in [0.1, 0.15) is 0 Å². The molecular formula is C30H52O4. The van der Waals surface area contributed by atoms with Crippen LogP contribution in [0, 0.1) is 45.3 Å². The van der Waals surface area contributed by atoms with Crippen LogP contribution in [0.25, 0.3) is 0 Å². The average molecular weight is 477 g/mol. The van der Waals surface area contributed by atoms with E-state index in [0.717, 1.165) is 51.4 Å². The first-order valence-corrected chi connectivity index (χ1v) is 13.9. The quantitative estimate of drug-likeness (QED) is 0.406. The lowest BCUT2D eigenvalue weighted by molar-refractivity contribution is -0.274. The summed E-state index contributed by atoms with van der Waals surface area (Å²) in [6.07, 6.45) is 7.54. The molecule has 0 saturated heterocycles. The molecule has 0 bridgehead atoms. The molecule has 4 aliphatic carbocycles. The van der Waals surface area contributed by atoms with Crippen LogP contribution >= 0.6 is 0 Å². The highest BCUT2D eigenvalue weighted by Gasteiger charge is 2.72. The van der Waals surface area contributed by atoms with Gasteiger partial charge in [0.15, 0.2) is 0 Å². The smallest absolute Gasteiger partial charge is 0.0654 e. The van der Waals surface area contributed by atoms with E-state index in [2.05, 4.69) is 54.5 Å². The van der Waals surface area contributed by atoms with Gasteiger partial charge in [0.25, 0.3) is 0 Å². The second-order valence-corrected chi connectivity index (χ2v) is 14.7. The van der Waals surface area contributed by atoms with Gasteiger partial charge in [-0.15, -0.1) is 0 Å². The first kappa shape index (κ1) is 26.6. The van der Waals surface area contributed by atoms with E-state index >= 15 is 0 Å². The van der Waals surface area contributed by atoms with Crippen molar-refractivity contribution in [1.82, 2.24) is 0 Å². The standard InChI is InChI=1S/C30H52O4/c1-18(2)10-9-13-30(8,34)19-11-15-28(6)24(19)20(31)16-22-27(5)14-12-23(33)26(3,4)25(27)21(32)17-29(22,28)7/h10,19-25,31-34H,9,11-17H2,1-8H3/t19-,20+,21-,22+,23-,24?,25-,27+,28+,29+,30+/m0/s1. The first-order valence-electron chi connectivity index (χ1n) is 13.9. The second kappa shape index (κ2) is 8.30. The molecule has 0 aromatic rings. The normalized spacial score (nSPS) is 51.6. The number of aliphatic hydroxyl groups is 4. The van der Waals surface area contributed by atoms with Crippen LogP contribution in [-0.2, 0) is 0 Å². The number of allylic oxidation sites excluding steroid dienone is 2. The van der Waals surface area contributed by atoms with Gasteiger partial charge in [-0.25, -0.2) is 0 Å². The zero-order valence-corrected chi connectivity index (χ0v) is 23.1. The Labute approximate surface area is 208 Å². The number of rotatable bonds is 4. The molecule has 0 aliphatic heterocycles. The largest absolute Gasteiger partial charge is 0.393 e.